The van der Waals surface area contributed by atoms with Gasteiger partial charge in [0.1, 0.15) is 11.0 Å². The molecule has 12 N–H and O–H groups in total. The van der Waals surface area contributed by atoms with Gasteiger partial charge in [-0.3, -0.25) is 5.14 Å². The molecule has 0 spiro atoms. The smallest absolute Gasteiger partial charge is 0.200 e. The van der Waals surface area contributed by atoms with Crippen molar-refractivity contribution >= 4 is 45.8 Å². The molecule has 0 amide bonds. The lowest BCUT2D eigenvalue weighted by molar-refractivity contribution is 0.683. The number of nitrogens with one attached hydrogen (secondary N) is 2. The quantitative estimate of drug-likeness (QED) is 0.0884. The second-order valence-electron chi connectivity index (χ2n) is 7.02. The molecule has 3 aromatic rings. The number of anilines is 1. The molecule has 1 atom stereocenters. The number of hydrazone groups is 1. The molecule has 32 heavy (non-hydrogen) atoms. The lowest BCUT2D eigenvalue weighted by Crippen LogP contribution is -2.25. The maximum atomic E-state index is 11.9. The summed E-state index contributed by atoms with van der Waals surface area (Å²) in [5.74, 6) is 5.72. The van der Waals surface area contributed by atoms with Crippen molar-refractivity contribution in [3.63, 3.8) is 0 Å². The number of hydrogen-bond donors (Lipinski definition) is 7. The number of aromatic nitrogens is 2. The van der Waals surface area contributed by atoms with E-state index in [2.05, 4.69) is 20.9 Å². The van der Waals surface area contributed by atoms with Crippen LogP contribution >= 0.6 is 11.9 Å². The van der Waals surface area contributed by atoms with Gasteiger partial charge in [-0.1, -0.05) is 18.2 Å². The Morgan fingerprint density at radius 1 is 1.25 bits per heavy atom. The summed E-state index contributed by atoms with van der Waals surface area (Å²) in [5.41, 5.74) is 17.7. The van der Waals surface area contributed by atoms with Gasteiger partial charge >= 0.3 is 0 Å². The van der Waals surface area contributed by atoms with E-state index in [-0.39, 0.29) is 5.84 Å². The molecule has 1 aromatic heterocycles. The van der Waals surface area contributed by atoms with Gasteiger partial charge < -0.3 is 21.4 Å². The van der Waals surface area contributed by atoms with Crippen LogP contribution in [0.15, 0.2) is 45.2 Å². The molecule has 11 nitrogen and oxygen atoms in total. The molecule has 1 aliphatic heterocycles. The Hall–Kier alpha value is -2.68. The Bertz CT molecular complexity index is 1150. The van der Waals surface area contributed by atoms with Gasteiger partial charge in [0, 0.05) is 18.2 Å². The van der Waals surface area contributed by atoms with Crippen LogP contribution in [0.2, 0.25) is 0 Å². The molecule has 0 bridgehead atoms. The fourth-order valence-corrected chi connectivity index (χ4v) is 4.91. The van der Waals surface area contributed by atoms with Crippen molar-refractivity contribution in [1.29, 1.82) is 0 Å². The first-order valence-electron chi connectivity index (χ1n) is 9.81. The molecular formula is C19H28N10OS2. The molecular weight excluding hydrogens is 448 g/mol. The van der Waals surface area contributed by atoms with Crippen LogP contribution in [0.5, 0.6) is 0 Å². The van der Waals surface area contributed by atoms with Crippen molar-refractivity contribution in [1.82, 2.24) is 20.4 Å². The van der Waals surface area contributed by atoms with Gasteiger partial charge in [0.15, 0.2) is 5.84 Å². The van der Waals surface area contributed by atoms with Crippen LogP contribution in [-0.4, -0.2) is 32.7 Å². The number of hydrazine groups is 1. The van der Waals surface area contributed by atoms with Gasteiger partial charge in [-0.05, 0) is 55.6 Å². The van der Waals surface area contributed by atoms with E-state index in [9.17, 15) is 4.21 Å². The minimum absolute atomic E-state index is 0.0636. The van der Waals surface area contributed by atoms with E-state index in [4.69, 9.17) is 27.6 Å². The Labute approximate surface area is 192 Å². The first-order valence-corrected chi connectivity index (χ1v) is 11.9. The predicted molar refractivity (Wildman–Crippen MR) is 131 cm³/mol. The first kappa shape index (κ1) is 24.0. The molecule has 1 saturated heterocycles. The van der Waals surface area contributed by atoms with Crippen LogP contribution in [0.3, 0.4) is 0 Å². The first-order chi connectivity index (χ1) is 15.4. The van der Waals surface area contributed by atoms with E-state index in [1.807, 2.05) is 25.2 Å². The number of aryl methyl sites for hydroxylation is 1. The predicted octanol–water partition coefficient (Wildman–Crippen LogP) is 0.223. The molecule has 1 fully saturated rings. The highest BCUT2D eigenvalue weighted by Crippen LogP contribution is 2.37. The van der Waals surface area contributed by atoms with Crippen LogP contribution in [0.4, 0.5) is 5.95 Å². The summed E-state index contributed by atoms with van der Waals surface area (Å²) in [4.78, 5) is 5.22. The Balaban J connectivity index is 0.000000509. The normalized spacial score (nSPS) is 14.8. The highest BCUT2D eigenvalue weighted by molar-refractivity contribution is 7.97. The highest BCUT2D eigenvalue weighted by Gasteiger charge is 2.22. The highest BCUT2D eigenvalue weighted by atomic mass is 32.2. The van der Waals surface area contributed by atoms with Gasteiger partial charge in [0.25, 0.3) is 0 Å². The Morgan fingerprint density at radius 3 is 2.53 bits per heavy atom. The number of rotatable bonds is 5. The number of nitrogens with two attached hydrogens (primary N) is 5. The molecule has 0 radical (unpaired) electrons. The molecule has 0 saturated carbocycles. The topological polar surface area (TPSA) is 201 Å². The number of hydrogen-bond acceptors (Lipinski definition) is 9. The largest absolute Gasteiger partial charge is 0.382 e. The summed E-state index contributed by atoms with van der Waals surface area (Å²) in [5, 5.41) is 18.5. The van der Waals surface area contributed by atoms with E-state index < -0.39 is 11.0 Å². The van der Waals surface area contributed by atoms with E-state index >= 15 is 0 Å². The van der Waals surface area contributed by atoms with Crippen molar-refractivity contribution in [2.24, 2.45) is 34.0 Å². The van der Waals surface area contributed by atoms with Gasteiger partial charge in [-0.25, -0.2) is 25.7 Å². The average molecular weight is 477 g/mol. The van der Waals surface area contributed by atoms with Gasteiger partial charge in [-0.15, -0.1) is 5.10 Å². The zero-order valence-electron chi connectivity index (χ0n) is 17.7. The Kier molecular flexibility index (Phi) is 8.06. The molecule has 172 valence electrons. The summed E-state index contributed by atoms with van der Waals surface area (Å²) in [6.07, 6.45) is 2.78. The zero-order valence-corrected chi connectivity index (χ0v) is 19.3. The van der Waals surface area contributed by atoms with E-state index in [0.29, 0.717) is 32.4 Å². The number of imidazole rings is 1. The molecule has 13 heteroatoms. The SMILES string of the molecule is C1CCNC1.Cn1c(N)nc2c(-c3ccc(S(N)=O)c(SN)c3/C(N)=N/NN)cccc21. The monoisotopic (exact) mass is 476 g/mol. The second kappa shape index (κ2) is 10.8. The zero-order chi connectivity index (χ0) is 23.3. The van der Waals surface area contributed by atoms with Crippen molar-refractivity contribution in [3.8, 4) is 11.1 Å². The van der Waals surface area contributed by atoms with Crippen LogP contribution in [-0.2, 0) is 18.0 Å². The summed E-state index contributed by atoms with van der Waals surface area (Å²) in [6.45, 7) is 2.50. The van der Waals surface area contributed by atoms with Gasteiger partial charge in [0.2, 0.25) is 5.95 Å². The van der Waals surface area contributed by atoms with Gasteiger partial charge in [0.05, 0.1) is 20.8 Å². The number of nitrogen functional groups attached to an aromatic ring is 1. The second-order valence-corrected chi connectivity index (χ2v) is 8.69. The van der Waals surface area contributed by atoms with E-state index in [1.165, 1.54) is 25.9 Å². The molecule has 1 unspecified atom stereocenters. The van der Waals surface area contributed by atoms with Crippen molar-refractivity contribution < 1.29 is 4.21 Å². The third kappa shape index (κ3) is 4.87. The van der Waals surface area contributed by atoms with E-state index in [1.54, 1.807) is 16.7 Å². The number of para-hydroxylation sites is 1. The number of fused-ring (bicyclic) bond motifs is 1. The van der Waals surface area contributed by atoms with Gasteiger partial charge in [-0.2, -0.15) is 0 Å². The van der Waals surface area contributed by atoms with Crippen LogP contribution in [0, 0.1) is 0 Å². The van der Waals surface area contributed by atoms with Crippen LogP contribution in [0.25, 0.3) is 22.2 Å². The average Bonchev–Trinajstić information content (AvgIpc) is 3.45. The van der Waals surface area contributed by atoms with Crippen molar-refractivity contribution in [2.45, 2.75) is 22.6 Å². The lowest BCUT2D eigenvalue weighted by Gasteiger charge is -2.16. The summed E-state index contributed by atoms with van der Waals surface area (Å²) in [7, 11) is 0.0595. The molecule has 2 heterocycles. The number of benzene rings is 2. The maximum Gasteiger partial charge on any atom is 0.200 e. The molecule has 0 aliphatic carbocycles. The lowest BCUT2D eigenvalue weighted by atomic mass is 9.97. The van der Waals surface area contributed by atoms with Crippen LogP contribution in [0.1, 0.15) is 18.4 Å². The number of nitrogens with zero attached hydrogens (tertiary/aromatic N) is 3. The fourth-order valence-electron chi connectivity index (χ4n) is 3.52. The third-order valence-corrected chi connectivity index (χ3v) is 6.65. The third-order valence-electron chi connectivity index (χ3n) is 5.09. The summed E-state index contributed by atoms with van der Waals surface area (Å²) in [6, 6.07) is 9.04. The molecule has 2 aromatic carbocycles. The van der Waals surface area contributed by atoms with Crippen molar-refractivity contribution in [2.75, 3.05) is 18.8 Å². The number of amidine groups is 1. The minimum Gasteiger partial charge on any atom is -0.382 e. The Morgan fingerprint density at radius 2 is 1.97 bits per heavy atom. The minimum atomic E-state index is -1.77. The summed E-state index contributed by atoms with van der Waals surface area (Å²) < 4.78 is 13.7. The van der Waals surface area contributed by atoms with E-state index in [0.717, 1.165) is 23.0 Å². The maximum absolute atomic E-state index is 11.9. The van der Waals surface area contributed by atoms with Crippen LogP contribution < -0.4 is 38.4 Å². The summed E-state index contributed by atoms with van der Waals surface area (Å²) >= 11 is 0.874. The van der Waals surface area contributed by atoms with Crippen molar-refractivity contribution in [3.05, 3.63) is 35.9 Å². The fraction of sp³-hybridized carbons (Fsp3) is 0.263. The molecule has 1 aliphatic rings. The standard InChI is InChI=1S/C15H19N9OS2.C4H9N/c1-24-9-4-2-3-8(12(9)21-15(24)17)7-5-6-10(27(20)25)13(26-19)11(7)14(16)22-23-18;1-2-4-5-3-1/h2-6,23H,18-20H2,1H3,(H2,16,22)(H2,17,21);5H,1-4H2. The molecule has 4 rings (SSSR count).